The van der Waals surface area contributed by atoms with Crippen LogP contribution in [0.3, 0.4) is 0 Å². The van der Waals surface area contributed by atoms with Gasteiger partial charge >= 0.3 is 0 Å². The van der Waals surface area contributed by atoms with Gasteiger partial charge < -0.3 is 19.0 Å². The molecule has 0 aliphatic carbocycles. The van der Waals surface area contributed by atoms with Gasteiger partial charge in [0.1, 0.15) is 5.82 Å². The van der Waals surface area contributed by atoms with Crippen LogP contribution in [0.25, 0.3) is 27.3 Å². The zero-order valence-corrected chi connectivity index (χ0v) is 19.7. The van der Waals surface area contributed by atoms with E-state index in [1.807, 2.05) is 13.0 Å². The maximum absolute atomic E-state index is 14.6. The molecule has 6 rings (SSSR count). The average Bonchev–Trinajstić information content (AvgIpc) is 3.11. The number of hydrogen-bond donors (Lipinski definition) is 1. The normalized spacial score (nSPS) is 21.9. The number of nitrogens with zero attached hydrogens (tertiary/aromatic N) is 3. The predicted octanol–water partition coefficient (Wildman–Crippen LogP) is 4.44. The molecule has 178 valence electrons. The number of rotatable bonds is 3. The zero-order chi connectivity index (χ0) is 23.4. The maximum Gasteiger partial charge on any atom is 0.128 e. The number of hydrogen-bond acceptors (Lipinski definition) is 5. The van der Waals surface area contributed by atoms with Gasteiger partial charge in [0.25, 0.3) is 0 Å². The highest BCUT2D eigenvalue weighted by Gasteiger charge is 2.32. The van der Waals surface area contributed by atoms with Crippen LogP contribution >= 0.6 is 0 Å². The number of aliphatic hydroxyl groups is 1. The first-order valence-electron chi connectivity index (χ1n) is 12.1. The van der Waals surface area contributed by atoms with E-state index < -0.39 is 5.60 Å². The van der Waals surface area contributed by atoms with Crippen LogP contribution in [0.2, 0.25) is 0 Å². The van der Waals surface area contributed by atoms with Crippen molar-refractivity contribution >= 4 is 27.3 Å². The third-order valence-corrected chi connectivity index (χ3v) is 7.61. The third-order valence-electron chi connectivity index (χ3n) is 7.61. The molecule has 2 aliphatic rings. The van der Waals surface area contributed by atoms with Crippen molar-refractivity contribution in [1.29, 1.82) is 0 Å². The molecule has 3 aromatic heterocycles. The van der Waals surface area contributed by atoms with E-state index in [1.165, 1.54) is 0 Å². The van der Waals surface area contributed by atoms with Crippen LogP contribution in [-0.2, 0) is 28.2 Å². The molecular weight excluding hydrogens is 433 g/mol. The molecule has 0 radical (unpaired) electrons. The van der Waals surface area contributed by atoms with Gasteiger partial charge in [0.15, 0.2) is 0 Å². The van der Waals surface area contributed by atoms with Crippen LogP contribution in [0, 0.1) is 12.7 Å². The van der Waals surface area contributed by atoms with Crippen molar-refractivity contribution in [2.24, 2.45) is 0 Å². The largest absolute Gasteiger partial charge is 0.385 e. The van der Waals surface area contributed by atoms with E-state index in [0.29, 0.717) is 37.1 Å². The van der Waals surface area contributed by atoms with Crippen molar-refractivity contribution in [3.63, 3.8) is 0 Å². The number of aromatic nitrogens is 2. The fraction of sp³-hybridized carbons (Fsp3) is 0.444. The van der Waals surface area contributed by atoms with Crippen molar-refractivity contribution in [1.82, 2.24) is 14.3 Å². The topological polar surface area (TPSA) is 59.2 Å². The van der Waals surface area contributed by atoms with Gasteiger partial charge in [0.05, 0.1) is 48.6 Å². The van der Waals surface area contributed by atoms with Crippen molar-refractivity contribution in [2.75, 3.05) is 32.9 Å². The van der Waals surface area contributed by atoms with E-state index in [-0.39, 0.29) is 5.82 Å². The molecule has 5 heterocycles. The average molecular weight is 464 g/mol. The Morgan fingerprint density at radius 2 is 1.91 bits per heavy atom. The van der Waals surface area contributed by atoms with Crippen molar-refractivity contribution in [3.05, 3.63) is 58.7 Å². The summed E-state index contributed by atoms with van der Waals surface area (Å²) in [7, 11) is 0. The number of ether oxygens (including phenoxy) is 2. The van der Waals surface area contributed by atoms with Crippen LogP contribution in [-0.4, -0.2) is 52.3 Å². The summed E-state index contributed by atoms with van der Waals surface area (Å²) in [6.07, 6.45) is 5.37. The molecule has 1 aromatic carbocycles. The predicted molar refractivity (Wildman–Crippen MR) is 129 cm³/mol. The van der Waals surface area contributed by atoms with Crippen molar-refractivity contribution in [2.45, 2.75) is 45.4 Å². The van der Waals surface area contributed by atoms with E-state index in [0.717, 1.165) is 71.3 Å². The molecule has 0 saturated carbocycles. The van der Waals surface area contributed by atoms with Gasteiger partial charge in [-0.3, -0.25) is 4.90 Å². The van der Waals surface area contributed by atoms with Gasteiger partial charge in [-0.15, -0.1) is 0 Å². The Labute approximate surface area is 197 Å². The van der Waals surface area contributed by atoms with Crippen LogP contribution in [0.5, 0.6) is 0 Å². The van der Waals surface area contributed by atoms with Crippen LogP contribution in [0.1, 0.15) is 42.0 Å². The van der Waals surface area contributed by atoms with Gasteiger partial charge in [0, 0.05) is 60.9 Å². The van der Waals surface area contributed by atoms with E-state index >= 15 is 0 Å². The van der Waals surface area contributed by atoms with Gasteiger partial charge in [-0.2, -0.15) is 0 Å². The molecule has 34 heavy (non-hydrogen) atoms. The van der Waals surface area contributed by atoms with E-state index in [1.54, 1.807) is 13.0 Å². The first-order valence-corrected chi connectivity index (χ1v) is 12.1. The highest BCUT2D eigenvalue weighted by atomic mass is 19.1. The third kappa shape index (κ3) is 3.50. The number of aryl methyl sites for hydroxylation is 1. The molecule has 0 spiro atoms. The molecule has 7 heteroatoms. The van der Waals surface area contributed by atoms with Gasteiger partial charge in [-0.25, -0.2) is 9.37 Å². The van der Waals surface area contributed by atoms with Crippen LogP contribution in [0.4, 0.5) is 4.39 Å². The minimum Gasteiger partial charge on any atom is -0.385 e. The fourth-order valence-electron chi connectivity index (χ4n) is 5.48. The summed E-state index contributed by atoms with van der Waals surface area (Å²) >= 11 is 0. The second-order valence-corrected chi connectivity index (χ2v) is 9.68. The standard InChI is InChI=1S/C27H30FN3O3/c1-3-27(32)4-7-34-16-18-13-31-15-21-20(14-30-5-8-33-9-6-30)19-10-17(2)23(28)12-24(19)29-26(21)25(31)11-22(18)27/h10-13,15,32H,3-9,14,16H2,1-2H3. The molecule has 1 N–H and O–H groups in total. The van der Waals surface area contributed by atoms with Crippen molar-refractivity contribution < 1.29 is 19.0 Å². The Kier molecular flexibility index (Phi) is 5.33. The lowest BCUT2D eigenvalue weighted by Gasteiger charge is -2.27. The minimum absolute atomic E-state index is 0.244. The molecule has 0 amide bonds. The zero-order valence-electron chi connectivity index (χ0n) is 19.7. The van der Waals surface area contributed by atoms with E-state index in [4.69, 9.17) is 14.5 Å². The Bertz CT molecular complexity index is 1410. The summed E-state index contributed by atoms with van der Waals surface area (Å²) in [6.45, 7) is 8.75. The monoisotopic (exact) mass is 463 g/mol. The number of benzene rings is 1. The SMILES string of the molecule is CCC1(O)CCOCc2cn3cc4c(CN5CCOCC5)c5cc(C)c(F)cc5nc4c3cc21. The quantitative estimate of drug-likeness (QED) is 0.487. The highest BCUT2D eigenvalue weighted by Crippen LogP contribution is 2.38. The smallest absolute Gasteiger partial charge is 0.128 e. The molecule has 1 unspecified atom stereocenters. The summed E-state index contributed by atoms with van der Waals surface area (Å²) in [4.78, 5) is 7.34. The fourth-order valence-corrected chi connectivity index (χ4v) is 5.48. The summed E-state index contributed by atoms with van der Waals surface area (Å²) in [5.41, 5.74) is 5.18. The number of halogens is 1. The van der Waals surface area contributed by atoms with Crippen molar-refractivity contribution in [3.8, 4) is 0 Å². The molecule has 1 atom stereocenters. The summed E-state index contributed by atoms with van der Waals surface area (Å²) in [5, 5.41) is 13.5. The first-order chi connectivity index (χ1) is 16.5. The van der Waals surface area contributed by atoms with E-state index in [9.17, 15) is 9.50 Å². The second-order valence-electron chi connectivity index (χ2n) is 9.68. The highest BCUT2D eigenvalue weighted by molar-refractivity contribution is 6.04. The molecule has 1 fully saturated rings. The number of pyridine rings is 2. The maximum atomic E-state index is 14.6. The lowest BCUT2D eigenvalue weighted by atomic mass is 9.86. The minimum atomic E-state index is -0.930. The summed E-state index contributed by atoms with van der Waals surface area (Å²) < 4.78 is 28.0. The molecule has 6 nitrogen and oxygen atoms in total. The summed E-state index contributed by atoms with van der Waals surface area (Å²) in [5.74, 6) is -0.244. The molecular formula is C27H30FN3O3. The van der Waals surface area contributed by atoms with Gasteiger partial charge in [-0.05, 0) is 42.2 Å². The number of fused-ring (bicyclic) bond motifs is 5. The Hall–Kier alpha value is -2.58. The summed E-state index contributed by atoms with van der Waals surface area (Å²) in [6, 6.07) is 5.54. The Morgan fingerprint density at radius 1 is 1.09 bits per heavy atom. The van der Waals surface area contributed by atoms with E-state index in [2.05, 4.69) is 27.8 Å². The molecule has 0 bridgehead atoms. The Balaban J connectivity index is 1.63. The van der Waals surface area contributed by atoms with Gasteiger partial charge in [-0.1, -0.05) is 6.92 Å². The molecule has 1 saturated heterocycles. The lowest BCUT2D eigenvalue weighted by Crippen LogP contribution is -2.35. The molecule has 2 aliphatic heterocycles. The van der Waals surface area contributed by atoms with Crippen LogP contribution in [0.15, 0.2) is 30.6 Å². The lowest BCUT2D eigenvalue weighted by molar-refractivity contribution is 0.00232. The first kappa shape index (κ1) is 21.9. The number of morpholine rings is 1. The van der Waals surface area contributed by atoms with Gasteiger partial charge in [0.2, 0.25) is 0 Å². The molecule has 4 aromatic rings. The Morgan fingerprint density at radius 3 is 2.71 bits per heavy atom. The second kappa shape index (κ2) is 8.27. The van der Waals surface area contributed by atoms with Crippen LogP contribution < -0.4 is 0 Å².